The molecule has 1 aliphatic carbocycles. The molecule has 1 amide bonds. The molecule has 0 aromatic heterocycles. The number of aliphatic hydroxyl groups is 7. The van der Waals surface area contributed by atoms with E-state index in [1.54, 1.807) is 6.08 Å². The van der Waals surface area contributed by atoms with E-state index in [0.29, 0.717) is 12.8 Å². The van der Waals surface area contributed by atoms with Crippen molar-refractivity contribution in [1.29, 1.82) is 0 Å². The summed E-state index contributed by atoms with van der Waals surface area (Å²) in [5.74, 6) is -0.590. The van der Waals surface area contributed by atoms with Crippen molar-refractivity contribution in [2.24, 2.45) is 0 Å². The van der Waals surface area contributed by atoms with Crippen molar-refractivity contribution < 1.29 is 59.0 Å². The Morgan fingerprint density at radius 2 is 0.950 bits per heavy atom. The molecule has 0 aromatic carbocycles. The summed E-state index contributed by atoms with van der Waals surface area (Å²) in [7, 11) is -5.14. The molecule has 0 saturated heterocycles. The van der Waals surface area contributed by atoms with Gasteiger partial charge in [-0.15, -0.1) is 0 Å². The highest BCUT2D eigenvalue weighted by Gasteiger charge is 2.51. The average Bonchev–Trinajstić information content (AvgIpc) is 3.22. The standard InChI is InChI=1S/C46H90NO12P/c1-3-5-7-9-11-13-15-17-18-19-20-21-22-24-26-28-30-32-34-39(49)38(36-58-60(56,57)59-46-44(54)42(52)41(51)43(53)45(46)55)47-40(50)35-37(48)33-31-29-27-25-23-16-14-12-10-8-6-4-2/h32,34,37-39,41-46,48-49,51-55H,3-31,33,35-36H2,1-2H3,(H,47,50)(H,56,57)/b34-32+. The quantitative estimate of drug-likeness (QED) is 0.0161. The van der Waals surface area contributed by atoms with E-state index in [-0.39, 0.29) is 6.42 Å². The van der Waals surface area contributed by atoms with Crippen molar-refractivity contribution >= 4 is 13.7 Å². The first-order valence-corrected chi connectivity index (χ1v) is 25.7. The monoisotopic (exact) mass is 880 g/mol. The van der Waals surface area contributed by atoms with Crippen molar-refractivity contribution in [3.05, 3.63) is 12.2 Å². The third-order valence-electron chi connectivity index (χ3n) is 11.9. The van der Waals surface area contributed by atoms with E-state index in [2.05, 4.69) is 19.2 Å². The first-order valence-electron chi connectivity index (χ1n) is 24.2. The Morgan fingerprint density at radius 1 is 0.583 bits per heavy atom. The van der Waals surface area contributed by atoms with Crippen LogP contribution in [-0.4, -0.2) is 108 Å². The highest BCUT2D eigenvalue weighted by molar-refractivity contribution is 7.47. The highest BCUT2D eigenvalue weighted by Crippen LogP contribution is 2.47. The third kappa shape index (κ3) is 28.0. The highest BCUT2D eigenvalue weighted by atomic mass is 31.2. The number of hydrogen-bond acceptors (Lipinski definition) is 11. The minimum absolute atomic E-state index is 0.240. The lowest BCUT2D eigenvalue weighted by Gasteiger charge is -2.41. The van der Waals surface area contributed by atoms with Crippen LogP contribution in [0, 0.1) is 0 Å². The van der Waals surface area contributed by atoms with Gasteiger partial charge in [-0.1, -0.05) is 199 Å². The summed E-state index contributed by atoms with van der Waals surface area (Å²) < 4.78 is 22.9. The van der Waals surface area contributed by atoms with Crippen molar-refractivity contribution in [1.82, 2.24) is 5.32 Å². The van der Waals surface area contributed by atoms with Gasteiger partial charge in [-0.25, -0.2) is 4.57 Å². The van der Waals surface area contributed by atoms with E-state index < -0.39 is 75.2 Å². The number of amides is 1. The molecule has 8 unspecified atom stereocenters. The number of unbranched alkanes of at least 4 members (excludes halogenated alkanes) is 27. The van der Waals surface area contributed by atoms with Crippen LogP contribution in [0.25, 0.3) is 0 Å². The zero-order valence-electron chi connectivity index (χ0n) is 37.6. The lowest BCUT2D eigenvalue weighted by atomic mass is 9.85. The van der Waals surface area contributed by atoms with E-state index in [1.165, 1.54) is 141 Å². The minimum atomic E-state index is -5.14. The molecule has 0 aromatic rings. The molecule has 0 aliphatic heterocycles. The molecule has 0 radical (unpaired) electrons. The summed E-state index contributed by atoms with van der Waals surface area (Å²) in [6, 6.07) is -1.23. The van der Waals surface area contributed by atoms with Crippen molar-refractivity contribution in [3.63, 3.8) is 0 Å². The summed E-state index contributed by atoms with van der Waals surface area (Å²) in [6.45, 7) is 3.74. The minimum Gasteiger partial charge on any atom is -0.393 e. The Morgan fingerprint density at radius 3 is 1.37 bits per heavy atom. The molecular weight excluding hydrogens is 789 g/mol. The van der Waals surface area contributed by atoms with Gasteiger partial charge in [-0.3, -0.25) is 13.8 Å². The van der Waals surface area contributed by atoms with E-state index in [0.717, 1.165) is 44.9 Å². The second kappa shape index (κ2) is 36.4. The Bertz CT molecular complexity index is 1090. The molecule has 60 heavy (non-hydrogen) atoms. The predicted octanol–water partition coefficient (Wildman–Crippen LogP) is 8.20. The zero-order valence-corrected chi connectivity index (χ0v) is 38.5. The number of hydrogen-bond donors (Lipinski definition) is 9. The van der Waals surface area contributed by atoms with Crippen LogP contribution in [0.15, 0.2) is 12.2 Å². The number of nitrogens with one attached hydrogen (secondary N) is 1. The maximum absolute atomic E-state index is 13.0. The third-order valence-corrected chi connectivity index (χ3v) is 12.9. The largest absolute Gasteiger partial charge is 0.472 e. The van der Waals surface area contributed by atoms with E-state index in [1.807, 2.05) is 0 Å². The molecular formula is C46H90NO12P. The van der Waals surface area contributed by atoms with Gasteiger partial charge in [0.2, 0.25) is 5.91 Å². The molecule has 14 heteroatoms. The topological polar surface area (TPSA) is 226 Å². The van der Waals surface area contributed by atoms with Gasteiger partial charge in [0.05, 0.1) is 31.3 Å². The second-order valence-corrected chi connectivity index (χ2v) is 18.9. The molecule has 1 saturated carbocycles. The molecule has 1 fully saturated rings. The van der Waals surface area contributed by atoms with Gasteiger partial charge >= 0.3 is 7.82 Å². The van der Waals surface area contributed by atoms with Crippen LogP contribution in [0.5, 0.6) is 0 Å². The smallest absolute Gasteiger partial charge is 0.393 e. The number of phosphoric acid groups is 1. The van der Waals surface area contributed by atoms with E-state index in [4.69, 9.17) is 9.05 Å². The summed E-state index contributed by atoms with van der Waals surface area (Å²) in [4.78, 5) is 23.4. The van der Waals surface area contributed by atoms with Crippen LogP contribution in [-0.2, 0) is 18.4 Å². The van der Waals surface area contributed by atoms with Crippen LogP contribution in [0.2, 0.25) is 0 Å². The predicted molar refractivity (Wildman–Crippen MR) is 238 cm³/mol. The Hall–Kier alpha value is -0.960. The number of allylic oxidation sites excluding steroid dienone is 1. The fraction of sp³-hybridized carbons (Fsp3) is 0.935. The summed E-state index contributed by atoms with van der Waals surface area (Å²) >= 11 is 0. The Balaban J connectivity index is 2.53. The lowest BCUT2D eigenvalue weighted by Crippen LogP contribution is -2.64. The molecule has 8 atom stereocenters. The summed E-state index contributed by atoms with van der Waals surface area (Å²) in [5.41, 5.74) is 0. The summed E-state index contributed by atoms with van der Waals surface area (Å²) in [6.07, 6.45) is 24.4. The Labute approximate surface area is 363 Å². The van der Waals surface area contributed by atoms with Gasteiger partial charge in [0.1, 0.15) is 36.6 Å². The number of rotatable bonds is 40. The number of carbonyl (C=O) groups is 1. The van der Waals surface area contributed by atoms with Crippen LogP contribution >= 0.6 is 7.82 Å². The molecule has 13 nitrogen and oxygen atoms in total. The number of carbonyl (C=O) groups excluding carboxylic acids is 1. The maximum atomic E-state index is 13.0. The van der Waals surface area contributed by atoms with Gasteiger partial charge in [-0.05, 0) is 19.3 Å². The van der Waals surface area contributed by atoms with Gasteiger partial charge in [0, 0.05) is 0 Å². The van der Waals surface area contributed by atoms with Crippen LogP contribution in [0.1, 0.15) is 213 Å². The molecule has 1 rings (SSSR count). The van der Waals surface area contributed by atoms with Gasteiger partial charge < -0.3 is 46.0 Å². The molecule has 0 bridgehead atoms. The SMILES string of the molecule is CCCCCCCCCCCCCCCCCC/C=C/C(O)C(COP(=O)(O)OC1C(O)C(O)C(O)C(O)C1O)NC(=O)CC(O)CCCCCCCCCCCCCC. The fourth-order valence-corrected chi connectivity index (χ4v) is 8.86. The van der Waals surface area contributed by atoms with Crippen molar-refractivity contribution in [3.8, 4) is 0 Å². The average molecular weight is 880 g/mol. The maximum Gasteiger partial charge on any atom is 0.472 e. The fourth-order valence-electron chi connectivity index (χ4n) is 7.89. The zero-order chi connectivity index (χ0) is 44.4. The molecule has 0 spiro atoms. The van der Waals surface area contributed by atoms with Gasteiger partial charge in [-0.2, -0.15) is 0 Å². The Kier molecular flexibility index (Phi) is 34.6. The van der Waals surface area contributed by atoms with Crippen LogP contribution < -0.4 is 5.32 Å². The first kappa shape index (κ1) is 57.1. The van der Waals surface area contributed by atoms with Crippen LogP contribution in [0.3, 0.4) is 0 Å². The number of phosphoric ester groups is 1. The van der Waals surface area contributed by atoms with Crippen LogP contribution in [0.4, 0.5) is 0 Å². The van der Waals surface area contributed by atoms with E-state index >= 15 is 0 Å². The van der Waals surface area contributed by atoms with Gasteiger partial charge in [0.25, 0.3) is 0 Å². The molecule has 1 aliphatic rings. The molecule has 0 heterocycles. The molecule has 9 N–H and O–H groups in total. The second-order valence-electron chi connectivity index (χ2n) is 17.5. The number of aliphatic hydroxyl groups excluding tert-OH is 7. The lowest BCUT2D eigenvalue weighted by molar-refractivity contribution is -0.220. The van der Waals surface area contributed by atoms with Gasteiger partial charge in [0.15, 0.2) is 0 Å². The summed E-state index contributed by atoms with van der Waals surface area (Å²) in [5, 5.41) is 74.5. The van der Waals surface area contributed by atoms with Crippen molar-refractivity contribution in [2.75, 3.05) is 6.61 Å². The van der Waals surface area contributed by atoms with Crippen molar-refractivity contribution in [2.45, 2.75) is 268 Å². The van der Waals surface area contributed by atoms with E-state index in [9.17, 15) is 50.0 Å². The molecule has 356 valence electrons. The normalized spacial score (nSPS) is 23.4. The first-order chi connectivity index (χ1) is 28.8.